The van der Waals surface area contributed by atoms with Crippen LogP contribution < -0.4 is 0 Å². The minimum Gasteiger partial charge on any atom is -0.460 e. The van der Waals surface area contributed by atoms with Gasteiger partial charge in [-0.1, -0.05) is 44.2 Å². The predicted molar refractivity (Wildman–Crippen MR) is 111 cm³/mol. The Morgan fingerprint density at radius 3 is 2.18 bits per heavy atom. The van der Waals surface area contributed by atoms with Gasteiger partial charge < -0.3 is 14.4 Å². The largest absolute Gasteiger partial charge is 0.460 e. The number of hydrogen-bond acceptors (Lipinski definition) is 5. The standard InChI is InChI=1S/C22H36N2O4/c1-17(2)19(20(25)27-16-18-12-9-8-10-13-18)23(6)14-11-15-24(7)21(26)28-22(3,4)5/h8-10,12-13,17,19H,11,14-16H2,1-7H3. The summed E-state index contributed by atoms with van der Waals surface area (Å²) in [4.78, 5) is 28.2. The number of carbonyl (C=O) groups is 2. The Bertz CT molecular complexity index is 611. The van der Waals surface area contributed by atoms with Crippen LogP contribution in [0.1, 0.15) is 46.6 Å². The lowest BCUT2D eigenvalue weighted by Gasteiger charge is -2.30. The number of hydrogen-bond donors (Lipinski definition) is 0. The first-order chi connectivity index (χ1) is 13.0. The third-order valence-electron chi connectivity index (χ3n) is 4.28. The fourth-order valence-corrected chi connectivity index (χ4v) is 2.90. The molecule has 0 spiro atoms. The number of likely N-dealkylation sites (N-methyl/N-ethyl adjacent to an activating group) is 1. The number of amides is 1. The molecule has 1 rings (SSSR count). The van der Waals surface area contributed by atoms with Gasteiger partial charge >= 0.3 is 12.1 Å². The number of rotatable bonds is 9. The Hall–Kier alpha value is -2.08. The van der Waals surface area contributed by atoms with E-state index in [1.807, 2.05) is 76.9 Å². The maximum Gasteiger partial charge on any atom is 0.410 e. The fourth-order valence-electron chi connectivity index (χ4n) is 2.90. The molecule has 158 valence electrons. The summed E-state index contributed by atoms with van der Waals surface area (Å²) in [6.45, 7) is 11.1. The lowest BCUT2D eigenvalue weighted by Crippen LogP contribution is -2.44. The molecule has 0 fully saturated rings. The molecule has 28 heavy (non-hydrogen) atoms. The highest BCUT2D eigenvalue weighted by Crippen LogP contribution is 2.14. The second kappa shape index (κ2) is 11.1. The van der Waals surface area contributed by atoms with Crippen LogP contribution in [-0.4, -0.2) is 60.7 Å². The average Bonchev–Trinajstić information content (AvgIpc) is 2.59. The third kappa shape index (κ3) is 8.74. The van der Waals surface area contributed by atoms with E-state index in [2.05, 4.69) is 0 Å². The molecular weight excluding hydrogens is 356 g/mol. The van der Waals surface area contributed by atoms with Gasteiger partial charge in [-0.3, -0.25) is 9.69 Å². The van der Waals surface area contributed by atoms with Crippen LogP contribution in [0.15, 0.2) is 30.3 Å². The van der Waals surface area contributed by atoms with Gasteiger partial charge in [0, 0.05) is 20.1 Å². The molecule has 0 N–H and O–H groups in total. The zero-order chi connectivity index (χ0) is 21.3. The van der Waals surface area contributed by atoms with Gasteiger partial charge in [-0.05, 0) is 45.7 Å². The van der Waals surface area contributed by atoms with Crippen molar-refractivity contribution in [1.29, 1.82) is 0 Å². The van der Waals surface area contributed by atoms with Crippen LogP contribution >= 0.6 is 0 Å². The van der Waals surface area contributed by atoms with Crippen LogP contribution in [0.3, 0.4) is 0 Å². The molecule has 0 saturated carbocycles. The summed E-state index contributed by atoms with van der Waals surface area (Å²) in [6, 6.07) is 9.34. The van der Waals surface area contributed by atoms with E-state index in [4.69, 9.17) is 9.47 Å². The molecule has 6 heteroatoms. The van der Waals surface area contributed by atoms with Crippen molar-refractivity contribution in [1.82, 2.24) is 9.80 Å². The van der Waals surface area contributed by atoms with Crippen molar-refractivity contribution in [2.75, 3.05) is 27.2 Å². The number of nitrogens with zero attached hydrogens (tertiary/aromatic N) is 2. The minimum absolute atomic E-state index is 0.122. The number of carbonyl (C=O) groups excluding carboxylic acids is 2. The molecule has 0 aliphatic rings. The molecule has 1 aromatic carbocycles. The molecule has 0 heterocycles. The monoisotopic (exact) mass is 392 g/mol. The van der Waals surface area contributed by atoms with Crippen molar-refractivity contribution in [3.8, 4) is 0 Å². The van der Waals surface area contributed by atoms with Crippen molar-refractivity contribution < 1.29 is 19.1 Å². The van der Waals surface area contributed by atoms with Crippen molar-refractivity contribution in [2.24, 2.45) is 5.92 Å². The summed E-state index contributed by atoms with van der Waals surface area (Å²) < 4.78 is 10.9. The van der Waals surface area contributed by atoms with E-state index in [0.29, 0.717) is 13.1 Å². The SMILES string of the molecule is CC(C)C(C(=O)OCc1ccccc1)N(C)CCCN(C)C(=O)OC(C)(C)C. The van der Waals surface area contributed by atoms with Crippen molar-refractivity contribution >= 4 is 12.1 Å². The number of benzene rings is 1. The molecule has 1 atom stereocenters. The van der Waals surface area contributed by atoms with Crippen molar-refractivity contribution in [3.05, 3.63) is 35.9 Å². The molecule has 1 unspecified atom stereocenters. The van der Waals surface area contributed by atoms with Gasteiger partial charge in [0.1, 0.15) is 18.2 Å². The third-order valence-corrected chi connectivity index (χ3v) is 4.28. The summed E-state index contributed by atoms with van der Waals surface area (Å²) in [5, 5.41) is 0. The van der Waals surface area contributed by atoms with E-state index in [9.17, 15) is 9.59 Å². The second-order valence-corrected chi connectivity index (χ2v) is 8.52. The molecule has 0 radical (unpaired) electrons. The zero-order valence-corrected chi connectivity index (χ0v) is 18.4. The first-order valence-corrected chi connectivity index (χ1v) is 9.86. The van der Waals surface area contributed by atoms with E-state index < -0.39 is 5.60 Å². The van der Waals surface area contributed by atoms with E-state index in [1.54, 1.807) is 11.9 Å². The van der Waals surface area contributed by atoms with Crippen LogP contribution in [0.2, 0.25) is 0 Å². The maximum atomic E-state index is 12.6. The van der Waals surface area contributed by atoms with Gasteiger partial charge in [-0.15, -0.1) is 0 Å². The van der Waals surface area contributed by atoms with E-state index >= 15 is 0 Å². The second-order valence-electron chi connectivity index (χ2n) is 8.52. The molecule has 6 nitrogen and oxygen atoms in total. The molecule has 0 aromatic heterocycles. The quantitative estimate of drug-likeness (QED) is 0.596. The Morgan fingerprint density at radius 1 is 1.04 bits per heavy atom. The average molecular weight is 393 g/mol. The number of esters is 1. The van der Waals surface area contributed by atoms with Crippen molar-refractivity contribution in [3.63, 3.8) is 0 Å². The molecule has 1 amide bonds. The first-order valence-electron chi connectivity index (χ1n) is 9.86. The summed E-state index contributed by atoms with van der Waals surface area (Å²) in [6.07, 6.45) is 0.402. The summed E-state index contributed by atoms with van der Waals surface area (Å²) in [5.41, 5.74) is 0.466. The van der Waals surface area contributed by atoms with Gasteiger partial charge in [0.05, 0.1) is 0 Å². The zero-order valence-electron chi connectivity index (χ0n) is 18.4. The van der Waals surface area contributed by atoms with Gasteiger partial charge in [0.25, 0.3) is 0 Å². The summed E-state index contributed by atoms with van der Waals surface area (Å²) >= 11 is 0. The van der Waals surface area contributed by atoms with Crippen LogP contribution in [0.25, 0.3) is 0 Å². The molecular formula is C22H36N2O4. The molecule has 0 aliphatic heterocycles. The minimum atomic E-state index is -0.507. The lowest BCUT2D eigenvalue weighted by molar-refractivity contribution is -0.152. The topological polar surface area (TPSA) is 59.1 Å². The lowest BCUT2D eigenvalue weighted by atomic mass is 10.0. The Labute approximate surface area is 169 Å². The van der Waals surface area contributed by atoms with Crippen LogP contribution in [0.4, 0.5) is 4.79 Å². The highest BCUT2D eigenvalue weighted by molar-refractivity contribution is 5.76. The fraction of sp³-hybridized carbons (Fsp3) is 0.636. The van der Waals surface area contributed by atoms with Gasteiger partial charge in [0.15, 0.2) is 0 Å². The normalized spacial score (nSPS) is 12.8. The highest BCUT2D eigenvalue weighted by Gasteiger charge is 2.28. The van der Waals surface area contributed by atoms with E-state index in [0.717, 1.165) is 12.0 Å². The Kier molecular flexibility index (Phi) is 9.46. The Balaban J connectivity index is 2.50. The van der Waals surface area contributed by atoms with Gasteiger partial charge in [-0.2, -0.15) is 0 Å². The summed E-state index contributed by atoms with van der Waals surface area (Å²) in [7, 11) is 3.64. The van der Waals surface area contributed by atoms with E-state index in [-0.39, 0.29) is 30.6 Å². The smallest absolute Gasteiger partial charge is 0.410 e. The Morgan fingerprint density at radius 2 is 1.64 bits per heavy atom. The highest BCUT2D eigenvalue weighted by atomic mass is 16.6. The van der Waals surface area contributed by atoms with Crippen LogP contribution in [-0.2, 0) is 20.9 Å². The molecule has 0 bridgehead atoms. The maximum absolute atomic E-state index is 12.6. The van der Waals surface area contributed by atoms with Crippen LogP contribution in [0.5, 0.6) is 0 Å². The first kappa shape index (κ1) is 24.0. The van der Waals surface area contributed by atoms with Gasteiger partial charge in [0.2, 0.25) is 0 Å². The molecule has 1 aromatic rings. The van der Waals surface area contributed by atoms with E-state index in [1.165, 1.54) is 0 Å². The van der Waals surface area contributed by atoms with Gasteiger partial charge in [-0.25, -0.2) is 4.79 Å². The van der Waals surface area contributed by atoms with Crippen molar-refractivity contribution in [2.45, 2.75) is 59.3 Å². The molecule has 0 saturated heterocycles. The van der Waals surface area contributed by atoms with Crippen LogP contribution in [0, 0.1) is 5.92 Å². The molecule has 0 aliphatic carbocycles. The summed E-state index contributed by atoms with van der Waals surface area (Å²) in [5.74, 6) is -0.0984. The predicted octanol–water partition coefficient (Wildman–Crippen LogP) is 3.94. The number of ether oxygens (including phenoxy) is 2.